The topological polar surface area (TPSA) is 27.3 Å². The molecule has 84 valence electrons. The fourth-order valence-electron chi connectivity index (χ4n) is 2.87. The van der Waals surface area contributed by atoms with E-state index >= 15 is 0 Å². The summed E-state index contributed by atoms with van der Waals surface area (Å²) in [5, 5.41) is 7.75. The minimum absolute atomic E-state index is 0.603. The van der Waals surface area contributed by atoms with Gasteiger partial charge in [-0.05, 0) is 50.9 Å². The normalized spacial score (nSPS) is 35.2. The van der Waals surface area contributed by atoms with Crippen LogP contribution >= 0.6 is 12.2 Å². The highest BCUT2D eigenvalue weighted by Gasteiger charge is 2.37. The molecule has 1 saturated carbocycles. The Kier molecular flexibility index (Phi) is 2.56. The number of fused-ring (bicyclic) bond motifs is 1. The van der Waals surface area contributed by atoms with Crippen molar-refractivity contribution in [3.63, 3.8) is 0 Å². The molecule has 3 aliphatic rings. The molecule has 2 saturated heterocycles. The van der Waals surface area contributed by atoms with Crippen molar-refractivity contribution in [2.75, 3.05) is 13.1 Å². The van der Waals surface area contributed by atoms with Gasteiger partial charge in [0.05, 0.1) is 0 Å². The maximum atomic E-state index is 5.33. The summed E-state index contributed by atoms with van der Waals surface area (Å²) in [5.41, 5.74) is 0. The van der Waals surface area contributed by atoms with Crippen LogP contribution in [0.25, 0.3) is 0 Å². The summed E-state index contributed by atoms with van der Waals surface area (Å²) in [6.07, 6.45) is 6.57. The summed E-state index contributed by atoms with van der Waals surface area (Å²) in [6.45, 7) is 2.56. The van der Waals surface area contributed by atoms with Gasteiger partial charge in [0.15, 0.2) is 5.11 Å². The van der Waals surface area contributed by atoms with Crippen LogP contribution in [0.2, 0.25) is 0 Å². The molecule has 15 heavy (non-hydrogen) atoms. The quantitative estimate of drug-likeness (QED) is 0.681. The summed E-state index contributed by atoms with van der Waals surface area (Å²) < 4.78 is 0. The van der Waals surface area contributed by atoms with Crippen LogP contribution in [-0.2, 0) is 0 Å². The Morgan fingerprint density at radius 1 is 1.07 bits per heavy atom. The molecule has 0 aromatic heterocycles. The SMILES string of the molecule is S=C(NC1CC1)NC1CCN2CCCC12. The van der Waals surface area contributed by atoms with E-state index in [2.05, 4.69) is 15.5 Å². The largest absolute Gasteiger partial charge is 0.360 e. The number of thiocarbonyl (C=S) groups is 1. The molecule has 2 unspecified atom stereocenters. The lowest BCUT2D eigenvalue weighted by molar-refractivity contribution is 0.308. The second-order valence-electron chi connectivity index (χ2n) is 5.03. The Hall–Kier alpha value is -0.350. The Morgan fingerprint density at radius 3 is 2.73 bits per heavy atom. The molecule has 3 fully saturated rings. The van der Waals surface area contributed by atoms with E-state index in [4.69, 9.17) is 12.2 Å². The van der Waals surface area contributed by atoms with Gasteiger partial charge in [-0.3, -0.25) is 4.90 Å². The second-order valence-corrected chi connectivity index (χ2v) is 5.44. The molecule has 0 aromatic carbocycles. The molecule has 2 aliphatic heterocycles. The molecule has 2 atom stereocenters. The van der Waals surface area contributed by atoms with E-state index in [1.807, 2.05) is 0 Å². The average Bonchev–Trinajstić information content (AvgIpc) is 2.78. The standard InChI is InChI=1S/C11H19N3S/c15-11(12-8-3-4-8)13-9-5-7-14-6-1-2-10(9)14/h8-10H,1-7H2,(H2,12,13,15). The van der Waals surface area contributed by atoms with Crippen molar-refractivity contribution < 1.29 is 0 Å². The third kappa shape index (κ3) is 2.11. The predicted octanol–water partition coefficient (Wildman–Crippen LogP) is 0.850. The Morgan fingerprint density at radius 2 is 1.93 bits per heavy atom. The number of hydrogen-bond donors (Lipinski definition) is 2. The Balaban J connectivity index is 1.51. The molecule has 3 rings (SSSR count). The van der Waals surface area contributed by atoms with Gasteiger partial charge >= 0.3 is 0 Å². The first-order valence-corrected chi connectivity index (χ1v) is 6.55. The zero-order valence-electron chi connectivity index (χ0n) is 9.04. The van der Waals surface area contributed by atoms with Crippen LogP contribution in [0.3, 0.4) is 0 Å². The summed E-state index contributed by atoms with van der Waals surface area (Å²) in [5.74, 6) is 0. The van der Waals surface area contributed by atoms with Gasteiger partial charge in [-0.15, -0.1) is 0 Å². The Labute approximate surface area is 96.6 Å². The molecule has 0 aromatic rings. The summed E-state index contributed by atoms with van der Waals surface area (Å²) in [4.78, 5) is 2.61. The van der Waals surface area contributed by atoms with Gasteiger partial charge in [0.25, 0.3) is 0 Å². The molecular formula is C11H19N3S. The van der Waals surface area contributed by atoms with Crippen LogP contribution in [0.4, 0.5) is 0 Å². The molecular weight excluding hydrogens is 206 g/mol. The first kappa shape index (κ1) is 9.85. The lowest BCUT2D eigenvalue weighted by atomic mass is 10.1. The van der Waals surface area contributed by atoms with Crippen LogP contribution in [0.15, 0.2) is 0 Å². The van der Waals surface area contributed by atoms with E-state index in [1.54, 1.807) is 0 Å². The number of hydrogen-bond acceptors (Lipinski definition) is 2. The molecule has 2 N–H and O–H groups in total. The van der Waals surface area contributed by atoms with Crippen LogP contribution in [-0.4, -0.2) is 41.2 Å². The van der Waals surface area contributed by atoms with Gasteiger partial charge < -0.3 is 10.6 Å². The Bertz CT molecular complexity index is 265. The van der Waals surface area contributed by atoms with E-state index in [0.717, 1.165) is 11.2 Å². The third-order valence-corrected chi connectivity index (χ3v) is 4.07. The highest BCUT2D eigenvalue weighted by molar-refractivity contribution is 7.80. The summed E-state index contributed by atoms with van der Waals surface area (Å²) in [7, 11) is 0. The summed E-state index contributed by atoms with van der Waals surface area (Å²) in [6, 6.07) is 2.03. The number of nitrogens with one attached hydrogen (secondary N) is 2. The van der Waals surface area contributed by atoms with Crippen LogP contribution in [0, 0.1) is 0 Å². The van der Waals surface area contributed by atoms with Gasteiger partial charge in [0, 0.05) is 24.7 Å². The van der Waals surface area contributed by atoms with E-state index < -0.39 is 0 Å². The van der Waals surface area contributed by atoms with Crippen LogP contribution in [0.1, 0.15) is 32.1 Å². The molecule has 3 nitrogen and oxygen atoms in total. The van der Waals surface area contributed by atoms with E-state index in [0.29, 0.717) is 12.1 Å². The van der Waals surface area contributed by atoms with Gasteiger partial charge in [-0.2, -0.15) is 0 Å². The lowest BCUT2D eigenvalue weighted by Crippen LogP contribution is -2.47. The first-order valence-electron chi connectivity index (χ1n) is 6.14. The first-order chi connectivity index (χ1) is 7.33. The minimum Gasteiger partial charge on any atom is -0.360 e. The maximum Gasteiger partial charge on any atom is 0.166 e. The van der Waals surface area contributed by atoms with Crippen molar-refractivity contribution in [3.8, 4) is 0 Å². The fraction of sp³-hybridized carbons (Fsp3) is 0.909. The zero-order chi connectivity index (χ0) is 10.3. The van der Waals surface area contributed by atoms with E-state index in [-0.39, 0.29) is 0 Å². The third-order valence-electron chi connectivity index (χ3n) is 3.84. The lowest BCUT2D eigenvalue weighted by Gasteiger charge is -2.22. The molecule has 0 radical (unpaired) electrons. The highest BCUT2D eigenvalue weighted by atomic mass is 32.1. The molecule has 0 bridgehead atoms. The molecule has 4 heteroatoms. The second kappa shape index (κ2) is 3.91. The van der Waals surface area contributed by atoms with Gasteiger partial charge in [-0.25, -0.2) is 0 Å². The molecule has 0 amide bonds. The number of rotatable bonds is 2. The van der Waals surface area contributed by atoms with Crippen LogP contribution < -0.4 is 10.6 Å². The minimum atomic E-state index is 0.603. The van der Waals surface area contributed by atoms with Crippen molar-refractivity contribution in [2.45, 2.75) is 50.2 Å². The smallest absolute Gasteiger partial charge is 0.166 e. The van der Waals surface area contributed by atoms with Crippen molar-refractivity contribution in [1.82, 2.24) is 15.5 Å². The van der Waals surface area contributed by atoms with Crippen molar-refractivity contribution in [3.05, 3.63) is 0 Å². The van der Waals surface area contributed by atoms with Crippen molar-refractivity contribution in [1.29, 1.82) is 0 Å². The average molecular weight is 225 g/mol. The van der Waals surface area contributed by atoms with E-state index in [9.17, 15) is 0 Å². The van der Waals surface area contributed by atoms with E-state index in [1.165, 1.54) is 45.2 Å². The highest BCUT2D eigenvalue weighted by Crippen LogP contribution is 2.28. The zero-order valence-corrected chi connectivity index (χ0v) is 9.85. The maximum absolute atomic E-state index is 5.33. The monoisotopic (exact) mass is 225 g/mol. The van der Waals surface area contributed by atoms with Crippen LogP contribution in [0.5, 0.6) is 0 Å². The molecule has 2 heterocycles. The molecule has 1 aliphatic carbocycles. The van der Waals surface area contributed by atoms with Gasteiger partial charge in [0.2, 0.25) is 0 Å². The molecule has 0 spiro atoms. The van der Waals surface area contributed by atoms with Crippen molar-refractivity contribution in [2.24, 2.45) is 0 Å². The van der Waals surface area contributed by atoms with Crippen molar-refractivity contribution >= 4 is 17.3 Å². The van der Waals surface area contributed by atoms with Gasteiger partial charge in [0.1, 0.15) is 0 Å². The summed E-state index contributed by atoms with van der Waals surface area (Å²) >= 11 is 5.33. The fourth-order valence-corrected chi connectivity index (χ4v) is 3.19. The van der Waals surface area contributed by atoms with Gasteiger partial charge in [-0.1, -0.05) is 0 Å². The predicted molar refractivity (Wildman–Crippen MR) is 64.9 cm³/mol. The number of nitrogens with zero attached hydrogens (tertiary/aromatic N) is 1.